The van der Waals surface area contributed by atoms with Gasteiger partial charge in [-0.05, 0) is 54.7 Å². The summed E-state index contributed by atoms with van der Waals surface area (Å²) in [5.41, 5.74) is 2.48. The fourth-order valence-electron chi connectivity index (χ4n) is 6.42. The van der Waals surface area contributed by atoms with Gasteiger partial charge in [0.1, 0.15) is 0 Å². The Hall–Kier alpha value is -1.76. The molecule has 8 heteroatoms. The summed E-state index contributed by atoms with van der Waals surface area (Å²) < 4.78 is 0. The van der Waals surface area contributed by atoms with Crippen molar-refractivity contribution in [1.29, 1.82) is 0 Å². The number of carbonyl (C=O) groups excluding carboxylic acids is 2. The Morgan fingerprint density at radius 3 is 2.46 bits per heavy atom. The first kappa shape index (κ1) is 30.2. The van der Waals surface area contributed by atoms with E-state index in [0.29, 0.717) is 52.5 Å². The molecule has 3 amide bonds. The van der Waals surface area contributed by atoms with Gasteiger partial charge in [-0.1, -0.05) is 81.3 Å². The second kappa shape index (κ2) is 13.7. The average Bonchev–Trinajstić information content (AvgIpc) is 2.93. The summed E-state index contributed by atoms with van der Waals surface area (Å²) in [7, 11) is 0. The van der Waals surface area contributed by atoms with Gasteiger partial charge in [0.25, 0.3) is 0 Å². The van der Waals surface area contributed by atoms with Crippen LogP contribution in [-0.2, 0) is 4.79 Å². The number of carbonyl (C=O) groups is 2. The fraction of sp³-hybridized carbons (Fsp3) is 0.677. The van der Waals surface area contributed by atoms with Crippen molar-refractivity contribution in [3.8, 4) is 0 Å². The van der Waals surface area contributed by atoms with E-state index in [4.69, 9.17) is 23.2 Å². The maximum atomic E-state index is 13.4. The molecule has 0 aromatic heterocycles. The Morgan fingerprint density at radius 1 is 1.05 bits per heavy atom. The standard InChI is InChI=1S/C31H46Cl2N4O2/c1-4-5-6-7-8-9-29(38)37(22-23-10-11-24-20-26(23)31(24,2)3)19-16-35-14-17-36(18-15-35)30(39)34-25-12-13-27(32)28(33)21-25/h10,12-13,21,24,26H,4-9,11,14-20,22H2,1-3H3,(H,34,39). The first-order valence-electron chi connectivity index (χ1n) is 14.9. The van der Waals surface area contributed by atoms with Crippen molar-refractivity contribution in [1.82, 2.24) is 14.7 Å². The van der Waals surface area contributed by atoms with Crippen LogP contribution < -0.4 is 5.32 Å². The number of anilines is 1. The summed E-state index contributed by atoms with van der Waals surface area (Å²) in [6.07, 6.45) is 11.3. The van der Waals surface area contributed by atoms with Crippen LogP contribution in [0.1, 0.15) is 72.1 Å². The lowest BCUT2D eigenvalue weighted by Crippen LogP contribution is -2.52. The average molecular weight is 578 g/mol. The van der Waals surface area contributed by atoms with Crippen LogP contribution >= 0.6 is 23.2 Å². The van der Waals surface area contributed by atoms with Crippen molar-refractivity contribution < 1.29 is 9.59 Å². The number of piperazine rings is 1. The number of amides is 3. The molecule has 1 aromatic carbocycles. The van der Waals surface area contributed by atoms with Crippen LogP contribution in [0.4, 0.5) is 10.5 Å². The largest absolute Gasteiger partial charge is 0.337 e. The first-order chi connectivity index (χ1) is 18.7. The van der Waals surface area contributed by atoms with Crippen molar-refractivity contribution >= 4 is 40.8 Å². The van der Waals surface area contributed by atoms with Crippen LogP contribution in [0.15, 0.2) is 29.8 Å². The smallest absolute Gasteiger partial charge is 0.321 e. The minimum atomic E-state index is -0.126. The van der Waals surface area contributed by atoms with Gasteiger partial charge < -0.3 is 15.1 Å². The Labute approximate surface area is 245 Å². The highest BCUT2D eigenvalue weighted by atomic mass is 35.5. The molecule has 216 valence electrons. The molecule has 1 aliphatic heterocycles. The zero-order chi connectivity index (χ0) is 28.0. The number of rotatable bonds is 12. The van der Waals surface area contributed by atoms with Crippen LogP contribution in [-0.4, -0.2) is 72.5 Å². The summed E-state index contributed by atoms with van der Waals surface area (Å²) >= 11 is 12.1. The third-order valence-corrected chi connectivity index (χ3v) is 10.1. The molecule has 5 rings (SSSR count). The number of hydrogen-bond donors (Lipinski definition) is 1. The van der Waals surface area contributed by atoms with Gasteiger partial charge in [-0.2, -0.15) is 0 Å². The van der Waals surface area contributed by atoms with E-state index in [-0.39, 0.29) is 6.03 Å². The van der Waals surface area contributed by atoms with E-state index < -0.39 is 0 Å². The van der Waals surface area contributed by atoms with Gasteiger partial charge in [0.15, 0.2) is 0 Å². The molecule has 6 nitrogen and oxygen atoms in total. The lowest BCUT2D eigenvalue weighted by Gasteiger charge is -2.57. The monoisotopic (exact) mass is 576 g/mol. The van der Waals surface area contributed by atoms with Gasteiger partial charge >= 0.3 is 6.03 Å². The molecule has 39 heavy (non-hydrogen) atoms. The molecule has 1 saturated heterocycles. The molecule has 4 aliphatic rings. The molecule has 1 heterocycles. The highest BCUT2D eigenvalue weighted by Gasteiger charge is 2.51. The minimum Gasteiger partial charge on any atom is -0.337 e. The Morgan fingerprint density at radius 2 is 1.79 bits per heavy atom. The molecule has 2 bridgehead atoms. The summed E-state index contributed by atoms with van der Waals surface area (Å²) in [5.74, 6) is 1.72. The normalized spacial score (nSPS) is 22.2. The number of fused-ring (bicyclic) bond motifs is 1. The van der Waals surface area contributed by atoms with Gasteiger partial charge in [0, 0.05) is 57.9 Å². The van der Waals surface area contributed by atoms with E-state index >= 15 is 0 Å². The maximum Gasteiger partial charge on any atom is 0.321 e. The second-order valence-corrected chi connectivity index (χ2v) is 13.0. The highest BCUT2D eigenvalue weighted by molar-refractivity contribution is 6.42. The Kier molecular flexibility index (Phi) is 10.6. The summed E-state index contributed by atoms with van der Waals surface area (Å²) in [4.78, 5) is 32.5. The molecule has 2 atom stereocenters. The summed E-state index contributed by atoms with van der Waals surface area (Å²) in [6.45, 7) is 12.3. The van der Waals surface area contributed by atoms with Gasteiger partial charge in [0.05, 0.1) is 10.0 Å². The van der Waals surface area contributed by atoms with Crippen LogP contribution in [0.5, 0.6) is 0 Å². The van der Waals surface area contributed by atoms with Gasteiger partial charge in [0.2, 0.25) is 5.91 Å². The number of nitrogens with one attached hydrogen (secondary N) is 1. The van der Waals surface area contributed by atoms with Crippen molar-refractivity contribution in [2.45, 2.75) is 72.1 Å². The van der Waals surface area contributed by atoms with Crippen molar-refractivity contribution in [3.05, 3.63) is 39.9 Å². The van der Waals surface area contributed by atoms with Crippen molar-refractivity contribution in [3.63, 3.8) is 0 Å². The summed E-state index contributed by atoms with van der Waals surface area (Å²) in [5, 5.41) is 3.80. The number of hydrogen-bond acceptors (Lipinski definition) is 3. The van der Waals surface area contributed by atoms with Crippen LogP contribution in [0.25, 0.3) is 0 Å². The molecule has 1 saturated carbocycles. The minimum absolute atomic E-state index is 0.126. The van der Waals surface area contributed by atoms with Gasteiger partial charge in [-0.3, -0.25) is 9.69 Å². The van der Waals surface area contributed by atoms with Crippen molar-refractivity contribution in [2.24, 2.45) is 17.3 Å². The number of nitrogens with zero attached hydrogens (tertiary/aromatic N) is 3. The zero-order valence-corrected chi connectivity index (χ0v) is 25.5. The van der Waals surface area contributed by atoms with Crippen LogP contribution in [0.2, 0.25) is 10.0 Å². The first-order valence-corrected chi connectivity index (χ1v) is 15.6. The molecular formula is C31H46Cl2N4O2. The number of unbranched alkanes of at least 4 members (excludes halogenated alkanes) is 4. The Balaban J connectivity index is 1.27. The molecule has 0 radical (unpaired) electrons. The third-order valence-electron chi connectivity index (χ3n) is 9.32. The predicted molar refractivity (Wildman–Crippen MR) is 162 cm³/mol. The lowest BCUT2D eigenvalue weighted by molar-refractivity contribution is -0.131. The number of benzene rings is 1. The molecule has 1 aromatic rings. The third kappa shape index (κ3) is 7.71. The van der Waals surface area contributed by atoms with Crippen LogP contribution in [0, 0.1) is 17.3 Å². The van der Waals surface area contributed by atoms with Crippen molar-refractivity contribution in [2.75, 3.05) is 51.1 Å². The van der Waals surface area contributed by atoms with Gasteiger partial charge in [-0.25, -0.2) is 4.79 Å². The van der Waals surface area contributed by atoms with E-state index in [1.807, 2.05) is 4.90 Å². The fourth-order valence-corrected chi connectivity index (χ4v) is 6.72. The van der Waals surface area contributed by atoms with Crippen LogP contribution in [0.3, 0.4) is 0 Å². The van der Waals surface area contributed by atoms with E-state index in [0.717, 1.165) is 57.9 Å². The lowest BCUT2D eigenvalue weighted by atomic mass is 9.49. The van der Waals surface area contributed by atoms with E-state index in [2.05, 4.69) is 42.0 Å². The van der Waals surface area contributed by atoms with E-state index in [1.165, 1.54) is 31.3 Å². The highest BCUT2D eigenvalue weighted by Crippen LogP contribution is 2.59. The molecule has 2 fully saturated rings. The van der Waals surface area contributed by atoms with E-state index in [1.54, 1.807) is 18.2 Å². The number of halogens is 2. The predicted octanol–water partition coefficient (Wildman–Crippen LogP) is 7.32. The summed E-state index contributed by atoms with van der Waals surface area (Å²) in [6, 6.07) is 4.98. The molecule has 2 unspecified atom stereocenters. The molecule has 0 spiro atoms. The maximum absolute atomic E-state index is 13.4. The van der Waals surface area contributed by atoms with Gasteiger partial charge in [-0.15, -0.1) is 0 Å². The second-order valence-electron chi connectivity index (χ2n) is 12.2. The zero-order valence-electron chi connectivity index (χ0n) is 24.0. The SMILES string of the molecule is CCCCCCCC(=O)N(CCN1CCN(C(=O)Nc2ccc(Cl)c(Cl)c2)CC1)CC1=CCC2CC1C2(C)C. The van der Waals surface area contributed by atoms with E-state index in [9.17, 15) is 9.59 Å². The number of allylic oxidation sites excluding steroid dienone is 1. The quantitative estimate of drug-likeness (QED) is 0.209. The molecular weight excluding hydrogens is 531 g/mol. The molecule has 1 N–H and O–H groups in total. The Bertz CT molecular complexity index is 1040. The topological polar surface area (TPSA) is 55.9 Å². The number of urea groups is 1. The molecule has 3 aliphatic carbocycles.